The zero-order valence-corrected chi connectivity index (χ0v) is 14.1. The van der Waals surface area contributed by atoms with Gasteiger partial charge in [0.15, 0.2) is 5.69 Å². The molecule has 0 spiro atoms. The molecule has 0 saturated heterocycles. The lowest BCUT2D eigenvalue weighted by atomic mass is 9.98. The topological polar surface area (TPSA) is 80.9 Å². The Kier molecular flexibility index (Phi) is 4.61. The molecule has 3 N–H and O–H groups in total. The Hall–Kier alpha value is -3.02. The molecule has 0 saturated carbocycles. The van der Waals surface area contributed by atoms with E-state index in [4.69, 9.17) is 5.73 Å². The number of nitrogens with two attached hydrogens (primary N) is 1. The number of carbonyl (C=O) groups excluding carboxylic acids is 1. The third-order valence-corrected chi connectivity index (χ3v) is 3.99. The van der Waals surface area contributed by atoms with Crippen molar-refractivity contribution in [2.45, 2.75) is 20.3 Å². The van der Waals surface area contributed by atoms with Gasteiger partial charge >= 0.3 is 0 Å². The summed E-state index contributed by atoms with van der Waals surface area (Å²) in [4.78, 5) is 20.2. The number of rotatable bonds is 4. The van der Waals surface area contributed by atoms with Crippen molar-refractivity contribution in [1.82, 2.24) is 15.3 Å². The molecule has 0 fully saturated rings. The number of pyridine rings is 2. The van der Waals surface area contributed by atoms with Crippen molar-refractivity contribution in [2.75, 3.05) is 12.3 Å². The third kappa shape index (κ3) is 3.15. The Bertz CT molecular complexity index is 956. The first kappa shape index (κ1) is 16.8. The number of aromatic nitrogens is 2. The number of anilines is 1. The van der Waals surface area contributed by atoms with Gasteiger partial charge in [0, 0.05) is 35.3 Å². The molecule has 0 aliphatic rings. The Morgan fingerprint density at radius 3 is 2.76 bits per heavy atom. The summed E-state index contributed by atoms with van der Waals surface area (Å²) in [6, 6.07) is 7.10. The monoisotopic (exact) mass is 338 g/mol. The fourth-order valence-electron chi connectivity index (χ4n) is 2.74. The van der Waals surface area contributed by atoms with E-state index in [1.807, 2.05) is 13.8 Å². The first-order chi connectivity index (χ1) is 12.0. The van der Waals surface area contributed by atoms with Crippen LogP contribution in [0.4, 0.5) is 10.1 Å². The van der Waals surface area contributed by atoms with Gasteiger partial charge in [0.05, 0.1) is 5.69 Å². The van der Waals surface area contributed by atoms with E-state index < -0.39 is 5.95 Å². The van der Waals surface area contributed by atoms with Gasteiger partial charge in [0.1, 0.15) is 0 Å². The van der Waals surface area contributed by atoms with Crippen LogP contribution < -0.4 is 11.1 Å². The van der Waals surface area contributed by atoms with Crippen molar-refractivity contribution in [2.24, 2.45) is 0 Å². The van der Waals surface area contributed by atoms with Gasteiger partial charge in [-0.25, -0.2) is 9.97 Å². The van der Waals surface area contributed by atoms with Gasteiger partial charge in [-0.2, -0.15) is 4.39 Å². The van der Waals surface area contributed by atoms with Gasteiger partial charge in [-0.1, -0.05) is 25.1 Å². The second-order valence-electron chi connectivity index (χ2n) is 5.89. The molecule has 1 amide bonds. The summed E-state index contributed by atoms with van der Waals surface area (Å²) in [5.74, 6) is -0.864. The summed E-state index contributed by atoms with van der Waals surface area (Å²) < 4.78 is 14.2. The third-order valence-electron chi connectivity index (χ3n) is 3.99. The van der Waals surface area contributed by atoms with Gasteiger partial charge < -0.3 is 11.1 Å². The van der Waals surface area contributed by atoms with Gasteiger partial charge in [-0.05, 0) is 30.5 Å². The molecule has 0 aliphatic heterocycles. The van der Waals surface area contributed by atoms with Crippen molar-refractivity contribution >= 4 is 22.4 Å². The molecule has 0 atom stereocenters. The van der Waals surface area contributed by atoms with Crippen LogP contribution in [0.5, 0.6) is 0 Å². The van der Waals surface area contributed by atoms with Gasteiger partial charge in [-0.15, -0.1) is 0 Å². The van der Waals surface area contributed by atoms with Crippen LogP contribution in [-0.4, -0.2) is 22.4 Å². The minimum atomic E-state index is -0.554. The maximum atomic E-state index is 14.2. The Morgan fingerprint density at radius 2 is 2.00 bits per heavy atom. The predicted molar refractivity (Wildman–Crippen MR) is 96.7 cm³/mol. The summed E-state index contributed by atoms with van der Waals surface area (Å²) >= 11 is 0. The number of amides is 1. The molecule has 6 heteroatoms. The fraction of sp³-hybridized carbons (Fsp3) is 0.211. The summed E-state index contributed by atoms with van der Waals surface area (Å²) in [5.41, 5.74) is 8.52. The van der Waals surface area contributed by atoms with E-state index in [2.05, 4.69) is 15.3 Å². The lowest BCUT2D eigenvalue weighted by Gasteiger charge is -2.12. The molecule has 5 nitrogen and oxygen atoms in total. The molecule has 0 bridgehead atoms. The van der Waals surface area contributed by atoms with Crippen LogP contribution in [0, 0.1) is 12.9 Å². The molecule has 128 valence electrons. The van der Waals surface area contributed by atoms with Crippen LogP contribution in [0.3, 0.4) is 0 Å². The highest BCUT2D eigenvalue weighted by Crippen LogP contribution is 2.33. The number of nitrogens with one attached hydrogen (secondary N) is 1. The van der Waals surface area contributed by atoms with Crippen molar-refractivity contribution < 1.29 is 9.18 Å². The molecular formula is C19H19FN4O. The van der Waals surface area contributed by atoms with E-state index in [0.717, 1.165) is 12.0 Å². The van der Waals surface area contributed by atoms with E-state index in [0.29, 0.717) is 28.4 Å². The molecule has 2 heterocycles. The second-order valence-corrected chi connectivity index (χ2v) is 5.89. The molecular weight excluding hydrogens is 319 g/mol. The largest absolute Gasteiger partial charge is 0.396 e. The first-order valence-corrected chi connectivity index (χ1v) is 8.10. The van der Waals surface area contributed by atoms with Crippen molar-refractivity contribution in [3.8, 4) is 11.1 Å². The highest BCUT2D eigenvalue weighted by Gasteiger charge is 2.17. The number of hydrogen-bond donors (Lipinski definition) is 2. The predicted octanol–water partition coefficient (Wildman–Crippen LogP) is 3.47. The fourth-order valence-corrected chi connectivity index (χ4v) is 2.74. The quantitative estimate of drug-likeness (QED) is 0.714. The summed E-state index contributed by atoms with van der Waals surface area (Å²) in [7, 11) is 0. The van der Waals surface area contributed by atoms with Gasteiger partial charge in [0.2, 0.25) is 5.95 Å². The summed E-state index contributed by atoms with van der Waals surface area (Å²) in [6.07, 6.45) is 3.86. The highest BCUT2D eigenvalue weighted by molar-refractivity contribution is 6.09. The number of carbonyl (C=O) groups is 1. The van der Waals surface area contributed by atoms with Gasteiger partial charge in [0.25, 0.3) is 5.91 Å². The van der Waals surface area contributed by atoms with E-state index in [1.165, 1.54) is 6.20 Å². The number of fused-ring (bicyclic) bond motifs is 1. The van der Waals surface area contributed by atoms with Crippen LogP contribution in [0.2, 0.25) is 0 Å². The van der Waals surface area contributed by atoms with Crippen molar-refractivity contribution in [1.29, 1.82) is 0 Å². The zero-order valence-electron chi connectivity index (χ0n) is 14.1. The lowest BCUT2D eigenvalue weighted by Crippen LogP contribution is -2.26. The highest BCUT2D eigenvalue weighted by atomic mass is 19.1. The molecule has 2 aromatic heterocycles. The number of aryl methyl sites for hydroxylation is 1. The average molecular weight is 338 g/mol. The Morgan fingerprint density at radius 1 is 1.20 bits per heavy atom. The van der Waals surface area contributed by atoms with Crippen LogP contribution in [0.15, 0.2) is 36.7 Å². The molecule has 0 radical (unpaired) electrons. The van der Waals surface area contributed by atoms with E-state index >= 15 is 0 Å². The minimum Gasteiger partial charge on any atom is -0.396 e. The molecule has 3 rings (SSSR count). The summed E-state index contributed by atoms with van der Waals surface area (Å²) in [6.45, 7) is 4.37. The second kappa shape index (κ2) is 6.84. The number of nitrogens with zero attached hydrogens (tertiary/aromatic N) is 2. The van der Waals surface area contributed by atoms with Crippen LogP contribution in [-0.2, 0) is 0 Å². The average Bonchev–Trinajstić information content (AvgIpc) is 2.62. The van der Waals surface area contributed by atoms with Crippen LogP contribution in [0.1, 0.15) is 29.4 Å². The number of nitrogen functional groups attached to an aromatic ring is 1. The zero-order chi connectivity index (χ0) is 18.0. The molecule has 3 aromatic rings. The maximum Gasteiger partial charge on any atom is 0.272 e. The summed E-state index contributed by atoms with van der Waals surface area (Å²) in [5, 5.41) is 4.11. The van der Waals surface area contributed by atoms with Gasteiger partial charge in [-0.3, -0.25) is 4.79 Å². The first-order valence-electron chi connectivity index (χ1n) is 8.10. The standard InChI is InChI=1S/C19H19FN4O/c1-3-7-22-19(25)17-16(21)13-6-4-5-12(15(13)10-23-17)14-8-11(2)9-24-18(14)20/h4-6,8-10H,3,7,21H2,1-2H3,(H,22,25). The SMILES string of the molecule is CCCNC(=O)c1ncc2c(-c3cc(C)cnc3F)cccc2c1N. The number of hydrogen-bond acceptors (Lipinski definition) is 4. The lowest BCUT2D eigenvalue weighted by molar-refractivity contribution is 0.0950. The van der Waals surface area contributed by atoms with Crippen LogP contribution in [0.25, 0.3) is 21.9 Å². The van der Waals surface area contributed by atoms with Crippen molar-refractivity contribution in [3.63, 3.8) is 0 Å². The molecule has 25 heavy (non-hydrogen) atoms. The molecule has 1 aromatic carbocycles. The minimum absolute atomic E-state index is 0.181. The number of benzene rings is 1. The molecule has 0 unspecified atom stereocenters. The Labute approximate surface area is 145 Å². The smallest absolute Gasteiger partial charge is 0.272 e. The van der Waals surface area contributed by atoms with Crippen LogP contribution >= 0.6 is 0 Å². The van der Waals surface area contributed by atoms with E-state index in [1.54, 1.807) is 30.5 Å². The van der Waals surface area contributed by atoms with Crippen molar-refractivity contribution in [3.05, 3.63) is 53.9 Å². The maximum absolute atomic E-state index is 14.2. The Balaban J connectivity index is 2.16. The number of halogens is 1. The van der Waals surface area contributed by atoms with E-state index in [-0.39, 0.29) is 17.3 Å². The molecule has 0 aliphatic carbocycles. The van der Waals surface area contributed by atoms with E-state index in [9.17, 15) is 9.18 Å². The normalized spacial score (nSPS) is 10.8.